The Labute approximate surface area is 86.5 Å². The van der Waals surface area contributed by atoms with E-state index in [9.17, 15) is 18.0 Å². The number of rotatable bonds is 2. The highest BCUT2D eigenvalue weighted by molar-refractivity contribution is 5.69. The zero-order valence-corrected chi connectivity index (χ0v) is 8.55. The predicted octanol–water partition coefficient (Wildman–Crippen LogP) is 3.08. The predicted molar refractivity (Wildman–Crippen MR) is 48.3 cm³/mol. The molecular formula is C10H15F3O2. The van der Waals surface area contributed by atoms with Gasteiger partial charge in [0.1, 0.15) is 0 Å². The Hall–Kier alpha value is -0.740. The van der Waals surface area contributed by atoms with Gasteiger partial charge in [-0.15, -0.1) is 0 Å². The molecule has 15 heavy (non-hydrogen) atoms. The van der Waals surface area contributed by atoms with E-state index in [1.54, 1.807) is 6.92 Å². The molecule has 1 fully saturated rings. The van der Waals surface area contributed by atoms with Crippen molar-refractivity contribution in [2.24, 2.45) is 17.8 Å². The number of hydrogen-bond donors (Lipinski definition) is 1. The first-order valence-corrected chi connectivity index (χ1v) is 5.12. The van der Waals surface area contributed by atoms with E-state index in [-0.39, 0.29) is 18.8 Å². The normalized spacial score (nSPS) is 29.9. The Balaban J connectivity index is 2.46. The van der Waals surface area contributed by atoms with Gasteiger partial charge in [-0.3, -0.25) is 4.79 Å². The van der Waals surface area contributed by atoms with Crippen molar-refractivity contribution >= 4 is 5.97 Å². The first-order valence-electron chi connectivity index (χ1n) is 5.12. The molecule has 1 aliphatic carbocycles. The summed E-state index contributed by atoms with van der Waals surface area (Å²) in [5.74, 6) is -2.76. The van der Waals surface area contributed by atoms with Crippen molar-refractivity contribution in [3.8, 4) is 0 Å². The van der Waals surface area contributed by atoms with Gasteiger partial charge in [0.15, 0.2) is 0 Å². The summed E-state index contributed by atoms with van der Waals surface area (Å²) < 4.78 is 36.9. The maximum Gasteiger partial charge on any atom is 0.391 e. The molecule has 0 aromatic rings. The van der Waals surface area contributed by atoms with Crippen molar-refractivity contribution < 1.29 is 23.1 Å². The van der Waals surface area contributed by atoms with Crippen LogP contribution in [0.2, 0.25) is 0 Å². The average molecular weight is 224 g/mol. The number of alkyl halides is 3. The average Bonchev–Trinajstić information content (AvgIpc) is 2.15. The third-order valence-electron chi connectivity index (χ3n) is 3.33. The second-order valence-corrected chi connectivity index (χ2v) is 4.28. The number of hydrogen-bond acceptors (Lipinski definition) is 1. The van der Waals surface area contributed by atoms with Gasteiger partial charge in [0, 0.05) is 0 Å². The second-order valence-electron chi connectivity index (χ2n) is 4.28. The van der Waals surface area contributed by atoms with Gasteiger partial charge in [-0.05, 0) is 31.6 Å². The number of halogens is 3. The van der Waals surface area contributed by atoms with Gasteiger partial charge in [-0.1, -0.05) is 6.92 Å². The van der Waals surface area contributed by atoms with Crippen molar-refractivity contribution in [3.05, 3.63) is 0 Å². The second kappa shape index (κ2) is 4.41. The molecule has 0 saturated heterocycles. The van der Waals surface area contributed by atoms with Gasteiger partial charge in [-0.2, -0.15) is 13.2 Å². The molecule has 1 N–H and O–H groups in total. The third-order valence-corrected chi connectivity index (χ3v) is 3.33. The minimum absolute atomic E-state index is 0.0752. The summed E-state index contributed by atoms with van der Waals surface area (Å²) in [5.41, 5.74) is 0. The fraction of sp³-hybridized carbons (Fsp3) is 0.900. The van der Waals surface area contributed by atoms with Gasteiger partial charge in [0.25, 0.3) is 0 Å². The van der Waals surface area contributed by atoms with E-state index in [0.29, 0.717) is 12.8 Å². The Kier molecular flexibility index (Phi) is 3.62. The Morgan fingerprint density at radius 2 is 1.73 bits per heavy atom. The largest absolute Gasteiger partial charge is 0.481 e. The first kappa shape index (κ1) is 12.3. The summed E-state index contributed by atoms with van der Waals surface area (Å²) >= 11 is 0. The molecular weight excluding hydrogens is 209 g/mol. The Bertz CT molecular complexity index is 229. The van der Waals surface area contributed by atoms with Crippen LogP contribution in [0.3, 0.4) is 0 Å². The molecule has 1 saturated carbocycles. The molecule has 0 aromatic carbocycles. The maximum atomic E-state index is 12.3. The molecule has 0 bridgehead atoms. The number of aliphatic carboxylic acids is 1. The van der Waals surface area contributed by atoms with Gasteiger partial charge in [0.2, 0.25) is 0 Å². The lowest BCUT2D eigenvalue weighted by molar-refractivity contribution is -0.185. The minimum atomic E-state index is -4.11. The summed E-state index contributed by atoms with van der Waals surface area (Å²) in [7, 11) is 0. The molecule has 88 valence electrons. The molecule has 1 atom stereocenters. The smallest absolute Gasteiger partial charge is 0.391 e. The van der Waals surface area contributed by atoms with E-state index in [0.717, 1.165) is 0 Å². The summed E-state index contributed by atoms with van der Waals surface area (Å²) in [4.78, 5) is 10.7. The molecule has 2 nitrogen and oxygen atoms in total. The van der Waals surface area contributed by atoms with Gasteiger partial charge in [-0.25, -0.2) is 0 Å². The fourth-order valence-corrected chi connectivity index (χ4v) is 2.15. The summed E-state index contributed by atoms with van der Waals surface area (Å²) in [6.07, 6.45) is -3.22. The van der Waals surface area contributed by atoms with E-state index in [2.05, 4.69) is 0 Å². The van der Waals surface area contributed by atoms with Crippen molar-refractivity contribution in [2.45, 2.75) is 38.8 Å². The van der Waals surface area contributed by atoms with Crippen LogP contribution in [0.4, 0.5) is 13.2 Å². The Morgan fingerprint density at radius 1 is 1.27 bits per heavy atom. The SMILES string of the molecule is C[C@H](C(=O)O)C1CCC(C(F)(F)F)CC1. The molecule has 0 amide bonds. The number of carboxylic acids is 1. The van der Waals surface area contributed by atoms with Crippen molar-refractivity contribution in [1.82, 2.24) is 0 Å². The number of carbonyl (C=O) groups is 1. The van der Waals surface area contributed by atoms with Crippen LogP contribution >= 0.6 is 0 Å². The van der Waals surface area contributed by atoms with Crippen molar-refractivity contribution in [3.63, 3.8) is 0 Å². The molecule has 0 aromatic heterocycles. The van der Waals surface area contributed by atoms with Crippen LogP contribution in [-0.2, 0) is 4.79 Å². The quantitative estimate of drug-likeness (QED) is 0.782. The lowest BCUT2D eigenvalue weighted by atomic mass is 9.76. The zero-order chi connectivity index (χ0) is 11.6. The van der Waals surface area contributed by atoms with Crippen LogP contribution in [0.5, 0.6) is 0 Å². The Morgan fingerprint density at radius 3 is 2.07 bits per heavy atom. The van der Waals surface area contributed by atoms with Crippen LogP contribution in [0.1, 0.15) is 32.6 Å². The number of carboxylic acid groups (broad SMARTS) is 1. The third kappa shape index (κ3) is 3.11. The minimum Gasteiger partial charge on any atom is -0.481 e. The van der Waals surface area contributed by atoms with Crippen LogP contribution < -0.4 is 0 Å². The van der Waals surface area contributed by atoms with Gasteiger partial charge in [0.05, 0.1) is 11.8 Å². The van der Waals surface area contributed by atoms with Crippen molar-refractivity contribution in [2.75, 3.05) is 0 Å². The molecule has 0 unspecified atom stereocenters. The topological polar surface area (TPSA) is 37.3 Å². The standard InChI is InChI=1S/C10H15F3O2/c1-6(9(14)15)7-2-4-8(5-3-7)10(11,12)13/h6-8H,2-5H2,1H3,(H,14,15)/t6-,7?,8?/m0/s1. The molecule has 0 heterocycles. The molecule has 0 spiro atoms. The van der Waals surface area contributed by atoms with Crippen LogP contribution in [0.15, 0.2) is 0 Å². The maximum absolute atomic E-state index is 12.3. The fourth-order valence-electron chi connectivity index (χ4n) is 2.15. The lowest BCUT2D eigenvalue weighted by Gasteiger charge is -2.31. The molecule has 5 heteroatoms. The van der Waals surface area contributed by atoms with E-state index in [4.69, 9.17) is 5.11 Å². The highest BCUT2D eigenvalue weighted by atomic mass is 19.4. The van der Waals surface area contributed by atoms with E-state index < -0.39 is 24.0 Å². The summed E-state index contributed by atoms with van der Waals surface area (Å²) in [6, 6.07) is 0. The zero-order valence-electron chi connectivity index (χ0n) is 8.55. The van der Waals surface area contributed by atoms with Crippen LogP contribution in [-0.4, -0.2) is 17.3 Å². The van der Waals surface area contributed by atoms with Gasteiger partial charge >= 0.3 is 12.1 Å². The molecule has 1 rings (SSSR count). The van der Waals surface area contributed by atoms with Crippen LogP contribution in [0, 0.1) is 17.8 Å². The van der Waals surface area contributed by atoms with E-state index in [1.807, 2.05) is 0 Å². The van der Waals surface area contributed by atoms with Crippen molar-refractivity contribution in [1.29, 1.82) is 0 Å². The van der Waals surface area contributed by atoms with Crippen LogP contribution in [0.25, 0.3) is 0 Å². The summed E-state index contributed by atoms with van der Waals surface area (Å²) in [6.45, 7) is 1.57. The lowest BCUT2D eigenvalue weighted by Crippen LogP contribution is -2.31. The highest BCUT2D eigenvalue weighted by Crippen LogP contribution is 2.41. The summed E-state index contributed by atoms with van der Waals surface area (Å²) in [5, 5.41) is 8.74. The van der Waals surface area contributed by atoms with E-state index in [1.165, 1.54) is 0 Å². The molecule has 0 radical (unpaired) electrons. The molecule has 0 aliphatic heterocycles. The monoisotopic (exact) mass is 224 g/mol. The molecule has 1 aliphatic rings. The van der Waals surface area contributed by atoms with E-state index >= 15 is 0 Å². The van der Waals surface area contributed by atoms with Gasteiger partial charge < -0.3 is 5.11 Å². The first-order chi connectivity index (χ1) is 6.82. The highest BCUT2D eigenvalue weighted by Gasteiger charge is 2.42.